The van der Waals surface area contributed by atoms with Gasteiger partial charge in [0.1, 0.15) is 12.4 Å². The highest BCUT2D eigenvalue weighted by Crippen LogP contribution is 2.48. The number of hydrogen-bond donors (Lipinski definition) is 2. The molecular formula is C25H31NO6. The Balaban J connectivity index is 1.76. The van der Waals surface area contributed by atoms with E-state index in [1.165, 1.54) is 13.2 Å². The number of ether oxygens (including phenoxy) is 3. The van der Waals surface area contributed by atoms with Gasteiger partial charge in [0.2, 0.25) is 0 Å². The van der Waals surface area contributed by atoms with Crippen molar-refractivity contribution in [2.24, 2.45) is 11.3 Å². The number of ketones is 1. The quantitative estimate of drug-likeness (QED) is 0.675. The average molecular weight is 442 g/mol. The maximum absolute atomic E-state index is 13.3. The molecular weight excluding hydrogens is 410 g/mol. The van der Waals surface area contributed by atoms with Crippen molar-refractivity contribution in [1.82, 2.24) is 5.32 Å². The second-order valence-electron chi connectivity index (χ2n) is 9.52. The Kier molecular flexibility index (Phi) is 6.03. The van der Waals surface area contributed by atoms with Crippen molar-refractivity contribution in [2.45, 2.75) is 52.1 Å². The first-order valence-electron chi connectivity index (χ1n) is 11.1. The summed E-state index contributed by atoms with van der Waals surface area (Å²) in [6.45, 7) is 6.76. The van der Waals surface area contributed by atoms with E-state index in [1.54, 1.807) is 12.1 Å². The molecule has 1 saturated heterocycles. The number of nitrogens with one attached hydrogen (secondary N) is 1. The largest absolute Gasteiger partial charge is 0.504 e. The number of esters is 1. The number of phenolic OH excluding ortho intramolecular Hbond substituents is 1. The molecule has 2 aliphatic heterocycles. The van der Waals surface area contributed by atoms with Crippen LogP contribution < -0.4 is 10.1 Å². The summed E-state index contributed by atoms with van der Waals surface area (Å²) in [5.74, 6) is -1.18. The smallest absolute Gasteiger partial charge is 0.336 e. The number of rotatable bonds is 5. The number of aromatic hydroxyl groups is 1. The monoisotopic (exact) mass is 441 g/mol. The number of phenols is 1. The zero-order valence-electron chi connectivity index (χ0n) is 19.1. The van der Waals surface area contributed by atoms with Crippen molar-refractivity contribution in [2.75, 3.05) is 20.3 Å². The number of carbonyl (C=O) groups excluding carboxylic acids is 2. The Morgan fingerprint density at radius 3 is 2.78 bits per heavy atom. The maximum atomic E-state index is 13.3. The number of Topliss-reactive ketones (excluding diaryl/α,β-unsaturated/α-hetero) is 1. The van der Waals surface area contributed by atoms with Gasteiger partial charge in [-0.15, -0.1) is 0 Å². The first kappa shape index (κ1) is 22.4. The summed E-state index contributed by atoms with van der Waals surface area (Å²) in [6.07, 6.45) is 4.21. The Morgan fingerprint density at radius 1 is 1.31 bits per heavy atom. The minimum Gasteiger partial charge on any atom is -0.504 e. The lowest BCUT2D eigenvalue weighted by Gasteiger charge is -2.41. The summed E-state index contributed by atoms with van der Waals surface area (Å²) < 4.78 is 16.5. The van der Waals surface area contributed by atoms with Gasteiger partial charge in [-0.05, 0) is 42.9 Å². The highest BCUT2D eigenvalue weighted by atomic mass is 16.6. The fraction of sp³-hybridized carbons (Fsp3) is 0.520. The van der Waals surface area contributed by atoms with E-state index in [9.17, 15) is 14.7 Å². The van der Waals surface area contributed by atoms with E-state index >= 15 is 0 Å². The molecule has 32 heavy (non-hydrogen) atoms. The standard InChI is InChI=1S/C25H31NO6/c1-14-21(24(29)32-13-16-6-5-9-31-16)22(15-7-8-18(27)20(10-15)30-4)23-17(26-14)11-25(2,3)12-19(23)28/h7-8,10-11,16,22-23,26-27H,5-6,9,12-13H2,1-4H3. The number of methoxy groups -OCH3 is 1. The molecule has 3 unspecified atom stereocenters. The fourth-order valence-corrected chi connectivity index (χ4v) is 5.01. The van der Waals surface area contributed by atoms with Crippen LogP contribution in [-0.2, 0) is 19.1 Å². The van der Waals surface area contributed by atoms with Gasteiger partial charge in [0.15, 0.2) is 11.5 Å². The first-order valence-corrected chi connectivity index (χ1v) is 11.1. The highest BCUT2D eigenvalue weighted by molar-refractivity contribution is 5.96. The zero-order chi connectivity index (χ0) is 23.0. The van der Waals surface area contributed by atoms with Crippen LogP contribution in [-0.4, -0.2) is 43.3 Å². The third-order valence-electron chi connectivity index (χ3n) is 6.45. The Bertz CT molecular complexity index is 986. The molecule has 1 aliphatic carbocycles. The number of benzene rings is 1. The molecule has 0 saturated carbocycles. The van der Waals surface area contributed by atoms with E-state index in [1.807, 2.05) is 20.8 Å². The summed E-state index contributed by atoms with van der Waals surface area (Å²) in [5, 5.41) is 13.4. The molecule has 3 aliphatic rings. The zero-order valence-corrected chi connectivity index (χ0v) is 19.1. The lowest BCUT2D eigenvalue weighted by atomic mass is 9.66. The molecule has 0 spiro atoms. The molecule has 3 atom stereocenters. The van der Waals surface area contributed by atoms with Crippen LogP contribution in [0.1, 0.15) is 51.5 Å². The Labute approximate surface area is 188 Å². The highest BCUT2D eigenvalue weighted by Gasteiger charge is 2.46. The maximum Gasteiger partial charge on any atom is 0.336 e. The van der Waals surface area contributed by atoms with Gasteiger partial charge in [0.05, 0.1) is 24.7 Å². The van der Waals surface area contributed by atoms with Gasteiger partial charge >= 0.3 is 5.97 Å². The lowest BCUT2D eigenvalue weighted by Crippen LogP contribution is -2.43. The number of carbonyl (C=O) groups is 2. The molecule has 1 aromatic rings. The van der Waals surface area contributed by atoms with E-state index in [0.29, 0.717) is 35.6 Å². The summed E-state index contributed by atoms with van der Waals surface area (Å²) >= 11 is 0. The molecule has 4 rings (SSSR count). The third kappa shape index (κ3) is 4.26. The predicted molar refractivity (Wildman–Crippen MR) is 118 cm³/mol. The molecule has 1 aromatic carbocycles. The predicted octanol–water partition coefficient (Wildman–Crippen LogP) is 3.58. The van der Waals surface area contributed by atoms with Gasteiger partial charge in [-0.1, -0.05) is 26.0 Å². The van der Waals surface area contributed by atoms with E-state index in [4.69, 9.17) is 14.2 Å². The van der Waals surface area contributed by atoms with Crippen LogP contribution in [0.15, 0.2) is 41.2 Å². The molecule has 0 amide bonds. The third-order valence-corrected chi connectivity index (χ3v) is 6.45. The van der Waals surface area contributed by atoms with E-state index in [-0.39, 0.29) is 29.7 Å². The van der Waals surface area contributed by atoms with E-state index in [0.717, 1.165) is 18.5 Å². The Hall–Kier alpha value is -2.80. The van der Waals surface area contributed by atoms with Gasteiger partial charge < -0.3 is 24.6 Å². The summed E-state index contributed by atoms with van der Waals surface area (Å²) in [5.41, 5.74) is 2.33. The van der Waals surface area contributed by atoms with Crippen LogP contribution in [0.25, 0.3) is 0 Å². The summed E-state index contributed by atoms with van der Waals surface area (Å²) in [4.78, 5) is 26.6. The van der Waals surface area contributed by atoms with Crippen LogP contribution in [0, 0.1) is 11.3 Å². The molecule has 0 bridgehead atoms. The molecule has 0 aromatic heterocycles. The minimum absolute atomic E-state index is 0.000245. The van der Waals surface area contributed by atoms with Crippen molar-refractivity contribution in [3.8, 4) is 11.5 Å². The van der Waals surface area contributed by atoms with Crippen LogP contribution in [0.2, 0.25) is 0 Å². The van der Waals surface area contributed by atoms with E-state index < -0.39 is 17.8 Å². The van der Waals surface area contributed by atoms with Crippen LogP contribution in [0.3, 0.4) is 0 Å². The fourth-order valence-electron chi connectivity index (χ4n) is 5.01. The molecule has 7 nitrogen and oxygen atoms in total. The molecule has 172 valence electrons. The second kappa shape index (κ2) is 8.62. The molecule has 7 heteroatoms. The van der Waals surface area contributed by atoms with Crippen molar-refractivity contribution in [3.63, 3.8) is 0 Å². The minimum atomic E-state index is -0.544. The number of allylic oxidation sites excluding steroid dienone is 3. The number of fused-ring (bicyclic) bond motifs is 1. The lowest BCUT2D eigenvalue weighted by molar-refractivity contribution is -0.143. The molecule has 2 heterocycles. The Morgan fingerprint density at radius 2 is 2.09 bits per heavy atom. The van der Waals surface area contributed by atoms with Crippen molar-refractivity contribution < 1.29 is 28.9 Å². The van der Waals surface area contributed by atoms with Crippen molar-refractivity contribution in [1.29, 1.82) is 0 Å². The van der Waals surface area contributed by atoms with Crippen LogP contribution in [0.4, 0.5) is 0 Å². The number of hydrogen-bond acceptors (Lipinski definition) is 7. The van der Waals surface area contributed by atoms with Gasteiger partial charge in [0, 0.05) is 30.3 Å². The topological polar surface area (TPSA) is 94.1 Å². The molecule has 2 N–H and O–H groups in total. The van der Waals surface area contributed by atoms with Crippen LogP contribution in [0.5, 0.6) is 11.5 Å². The van der Waals surface area contributed by atoms with Crippen molar-refractivity contribution >= 4 is 11.8 Å². The van der Waals surface area contributed by atoms with Gasteiger partial charge in [-0.25, -0.2) is 4.79 Å². The SMILES string of the molecule is COc1cc(C2C(C(=O)OCC3CCCO3)=C(C)NC3=CC(C)(C)CC(=O)C32)ccc1O. The second-order valence-corrected chi connectivity index (χ2v) is 9.52. The summed E-state index contributed by atoms with van der Waals surface area (Å²) in [6, 6.07) is 4.96. The van der Waals surface area contributed by atoms with Gasteiger partial charge in [-0.3, -0.25) is 4.79 Å². The van der Waals surface area contributed by atoms with Crippen LogP contribution >= 0.6 is 0 Å². The van der Waals surface area contributed by atoms with Gasteiger partial charge in [-0.2, -0.15) is 0 Å². The molecule has 1 fully saturated rings. The normalized spacial score (nSPS) is 26.8. The van der Waals surface area contributed by atoms with Crippen molar-refractivity contribution in [3.05, 3.63) is 46.8 Å². The van der Waals surface area contributed by atoms with E-state index in [2.05, 4.69) is 11.4 Å². The van der Waals surface area contributed by atoms with Gasteiger partial charge in [0.25, 0.3) is 0 Å². The first-order chi connectivity index (χ1) is 15.2. The summed E-state index contributed by atoms with van der Waals surface area (Å²) in [7, 11) is 1.47. The molecule has 0 radical (unpaired) electrons. The average Bonchev–Trinajstić information content (AvgIpc) is 3.24.